The third kappa shape index (κ3) is 7.66. The van der Waals surface area contributed by atoms with E-state index in [4.69, 9.17) is 4.74 Å². The van der Waals surface area contributed by atoms with Crippen molar-refractivity contribution in [2.24, 2.45) is 0 Å². The summed E-state index contributed by atoms with van der Waals surface area (Å²) >= 11 is 3.50. The number of carbonyl (C=O) groups is 2. The zero-order valence-electron chi connectivity index (χ0n) is 18.8. The molecule has 1 fully saturated rings. The lowest BCUT2D eigenvalue weighted by atomic mass is 9.95. The summed E-state index contributed by atoms with van der Waals surface area (Å²) in [6, 6.07) is 17.2. The van der Waals surface area contributed by atoms with Crippen molar-refractivity contribution in [3.8, 4) is 5.75 Å². The Kier molecular flexibility index (Phi) is 9.60. The van der Waals surface area contributed by atoms with Gasteiger partial charge in [0.15, 0.2) is 0 Å². The number of ether oxygens (including phenoxy) is 1. The van der Waals surface area contributed by atoms with E-state index in [1.54, 1.807) is 4.90 Å². The fraction of sp³-hybridized carbons (Fsp3) is 0.462. The minimum absolute atomic E-state index is 0.0343. The summed E-state index contributed by atoms with van der Waals surface area (Å²) in [6.45, 7) is 2.69. The monoisotopic (exact) mass is 500 g/mol. The lowest BCUT2D eigenvalue weighted by Gasteiger charge is -2.31. The van der Waals surface area contributed by atoms with Crippen LogP contribution in [0.15, 0.2) is 59.1 Å². The molecule has 1 saturated carbocycles. The Balaban J connectivity index is 1.60. The number of benzene rings is 2. The standard InChI is InChI=1S/C26H33BrN2O3/c1-20(26(31)28-23-12-4-2-5-13-23)29(19-21-10-8-11-22(27)18-21)25(30)16-9-17-32-24-14-6-3-7-15-24/h3,6-8,10-11,14-15,18,20,23H,2,4-5,9,12-13,16-17,19H2,1H3,(H,28,31)/t20-/m0/s1. The van der Waals surface area contributed by atoms with Crippen molar-refractivity contribution in [3.63, 3.8) is 0 Å². The van der Waals surface area contributed by atoms with E-state index in [0.29, 0.717) is 26.0 Å². The van der Waals surface area contributed by atoms with Gasteiger partial charge in [-0.3, -0.25) is 9.59 Å². The molecule has 2 aromatic rings. The Morgan fingerprint density at radius 1 is 1.09 bits per heavy atom. The van der Waals surface area contributed by atoms with E-state index in [1.165, 1.54) is 6.42 Å². The van der Waals surface area contributed by atoms with Crippen molar-refractivity contribution in [2.45, 2.75) is 70.5 Å². The number of rotatable bonds is 10. The predicted molar refractivity (Wildman–Crippen MR) is 130 cm³/mol. The molecule has 1 N–H and O–H groups in total. The molecule has 0 bridgehead atoms. The Bertz CT molecular complexity index is 868. The average Bonchev–Trinajstić information content (AvgIpc) is 2.81. The second kappa shape index (κ2) is 12.6. The van der Waals surface area contributed by atoms with Crippen LogP contribution < -0.4 is 10.1 Å². The lowest BCUT2D eigenvalue weighted by Crippen LogP contribution is -2.50. The molecule has 6 heteroatoms. The lowest BCUT2D eigenvalue weighted by molar-refractivity contribution is -0.141. The van der Waals surface area contributed by atoms with E-state index in [-0.39, 0.29) is 17.9 Å². The predicted octanol–water partition coefficient (Wildman–Crippen LogP) is 5.47. The van der Waals surface area contributed by atoms with Crippen LogP contribution in [0.4, 0.5) is 0 Å². The van der Waals surface area contributed by atoms with Crippen molar-refractivity contribution >= 4 is 27.7 Å². The Labute approximate surface area is 199 Å². The molecule has 1 atom stereocenters. The smallest absolute Gasteiger partial charge is 0.242 e. The maximum atomic E-state index is 13.2. The van der Waals surface area contributed by atoms with Gasteiger partial charge in [-0.1, -0.05) is 65.5 Å². The molecule has 5 nitrogen and oxygen atoms in total. The van der Waals surface area contributed by atoms with Crippen LogP contribution in [-0.4, -0.2) is 35.4 Å². The first kappa shape index (κ1) is 24.3. The number of hydrogen-bond acceptors (Lipinski definition) is 3. The highest BCUT2D eigenvalue weighted by Crippen LogP contribution is 2.19. The van der Waals surface area contributed by atoms with Crippen LogP contribution in [0.3, 0.4) is 0 Å². The third-order valence-electron chi connectivity index (χ3n) is 5.91. The van der Waals surface area contributed by atoms with E-state index in [1.807, 2.05) is 61.5 Å². The van der Waals surface area contributed by atoms with Gasteiger partial charge in [0.2, 0.25) is 11.8 Å². The molecule has 0 heterocycles. The van der Waals surface area contributed by atoms with Gasteiger partial charge in [0, 0.05) is 23.5 Å². The van der Waals surface area contributed by atoms with Crippen LogP contribution in [0.1, 0.15) is 57.4 Å². The van der Waals surface area contributed by atoms with Crippen LogP contribution in [0, 0.1) is 0 Å². The molecule has 1 aliphatic rings. The van der Waals surface area contributed by atoms with Crippen molar-refractivity contribution < 1.29 is 14.3 Å². The molecule has 1 aliphatic carbocycles. The highest BCUT2D eigenvalue weighted by Gasteiger charge is 2.27. The number of nitrogens with one attached hydrogen (secondary N) is 1. The zero-order valence-corrected chi connectivity index (χ0v) is 20.4. The number of halogens is 1. The van der Waals surface area contributed by atoms with Gasteiger partial charge in [-0.15, -0.1) is 0 Å². The van der Waals surface area contributed by atoms with Gasteiger partial charge in [0.1, 0.15) is 11.8 Å². The first-order chi connectivity index (χ1) is 15.5. The molecule has 2 amide bonds. The molecule has 0 aliphatic heterocycles. The maximum Gasteiger partial charge on any atom is 0.242 e. The molecule has 3 rings (SSSR count). The quantitative estimate of drug-likeness (QED) is 0.439. The molecule has 0 radical (unpaired) electrons. The summed E-state index contributed by atoms with van der Waals surface area (Å²) in [7, 11) is 0. The molecule has 0 aromatic heterocycles. The van der Waals surface area contributed by atoms with Gasteiger partial charge in [-0.25, -0.2) is 0 Å². The second-order valence-corrected chi connectivity index (χ2v) is 9.35. The number of hydrogen-bond donors (Lipinski definition) is 1. The van der Waals surface area contributed by atoms with E-state index in [2.05, 4.69) is 21.2 Å². The second-order valence-electron chi connectivity index (χ2n) is 8.44. The topological polar surface area (TPSA) is 58.6 Å². The van der Waals surface area contributed by atoms with Gasteiger partial charge >= 0.3 is 0 Å². The normalized spacial score (nSPS) is 15.1. The number of amides is 2. The highest BCUT2D eigenvalue weighted by molar-refractivity contribution is 9.10. The fourth-order valence-corrected chi connectivity index (χ4v) is 4.50. The first-order valence-corrected chi connectivity index (χ1v) is 12.3. The summed E-state index contributed by atoms with van der Waals surface area (Å²) in [4.78, 5) is 27.8. The van der Waals surface area contributed by atoms with Gasteiger partial charge in [0.05, 0.1) is 6.61 Å². The van der Waals surface area contributed by atoms with Crippen LogP contribution in [0.2, 0.25) is 0 Å². The molecule has 0 unspecified atom stereocenters. The molecule has 0 saturated heterocycles. The van der Waals surface area contributed by atoms with Crippen molar-refractivity contribution in [1.82, 2.24) is 10.2 Å². The summed E-state index contributed by atoms with van der Waals surface area (Å²) in [5.41, 5.74) is 0.991. The van der Waals surface area contributed by atoms with Gasteiger partial charge in [0.25, 0.3) is 0 Å². The molecular formula is C26H33BrN2O3. The first-order valence-electron chi connectivity index (χ1n) is 11.5. The van der Waals surface area contributed by atoms with Crippen LogP contribution in [0.5, 0.6) is 5.75 Å². The molecule has 0 spiro atoms. The van der Waals surface area contributed by atoms with E-state index >= 15 is 0 Å². The van der Waals surface area contributed by atoms with Gasteiger partial charge < -0.3 is 15.0 Å². The van der Waals surface area contributed by atoms with E-state index in [0.717, 1.165) is 41.5 Å². The fourth-order valence-electron chi connectivity index (χ4n) is 4.06. The number of carbonyl (C=O) groups excluding carboxylic acids is 2. The van der Waals surface area contributed by atoms with E-state index in [9.17, 15) is 9.59 Å². The minimum Gasteiger partial charge on any atom is -0.494 e. The highest BCUT2D eigenvalue weighted by atomic mass is 79.9. The summed E-state index contributed by atoms with van der Waals surface area (Å²) < 4.78 is 6.68. The molecule has 2 aromatic carbocycles. The molecule has 32 heavy (non-hydrogen) atoms. The minimum atomic E-state index is -0.529. The average molecular weight is 501 g/mol. The van der Waals surface area contributed by atoms with E-state index < -0.39 is 6.04 Å². The number of nitrogens with zero attached hydrogens (tertiary/aromatic N) is 1. The number of para-hydroxylation sites is 1. The Morgan fingerprint density at radius 2 is 1.84 bits per heavy atom. The Hall–Kier alpha value is -2.34. The molecule has 172 valence electrons. The van der Waals surface area contributed by atoms with Gasteiger partial charge in [-0.05, 0) is 56.0 Å². The zero-order chi connectivity index (χ0) is 22.8. The third-order valence-corrected chi connectivity index (χ3v) is 6.40. The van der Waals surface area contributed by atoms with Crippen molar-refractivity contribution in [1.29, 1.82) is 0 Å². The van der Waals surface area contributed by atoms with Crippen LogP contribution in [-0.2, 0) is 16.1 Å². The largest absolute Gasteiger partial charge is 0.494 e. The van der Waals surface area contributed by atoms with Gasteiger partial charge in [-0.2, -0.15) is 0 Å². The van der Waals surface area contributed by atoms with Crippen molar-refractivity contribution in [2.75, 3.05) is 6.61 Å². The summed E-state index contributed by atoms with van der Waals surface area (Å²) in [5.74, 6) is 0.694. The Morgan fingerprint density at radius 3 is 2.56 bits per heavy atom. The van der Waals surface area contributed by atoms with Crippen LogP contribution >= 0.6 is 15.9 Å². The van der Waals surface area contributed by atoms with Crippen LogP contribution in [0.25, 0.3) is 0 Å². The summed E-state index contributed by atoms with van der Waals surface area (Å²) in [6.07, 6.45) is 6.52. The maximum absolute atomic E-state index is 13.2. The summed E-state index contributed by atoms with van der Waals surface area (Å²) in [5, 5.41) is 3.17. The van der Waals surface area contributed by atoms with Crippen molar-refractivity contribution in [3.05, 3.63) is 64.6 Å². The SMILES string of the molecule is C[C@@H](C(=O)NC1CCCCC1)N(Cc1cccc(Br)c1)C(=O)CCCOc1ccccc1. The molecular weight excluding hydrogens is 468 g/mol.